The van der Waals surface area contributed by atoms with E-state index in [9.17, 15) is 14.4 Å². The fraction of sp³-hybridized carbons (Fsp3) is 0.280. The maximum absolute atomic E-state index is 12.8. The van der Waals surface area contributed by atoms with Crippen molar-refractivity contribution in [3.8, 4) is 5.75 Å². The Morgan fingerprint density at radius 3 is 2.21 bits per heavy atom. The van der Waals surface area contributed by atoms with Crippen LogP contribution in [0, 0.1) is 5.41 Å². The van der Waals surface area contributed by atoms with E-state index >= 15 is 0 Å². The minimum atomic E-state index is -0.543. The van der Waals surface area contributed by atoms with E-state index in [1.165, 1.54) is 12.0 Å². The van der Waals surface area contributed by atoms with Gasteiger partial charge in [0.1, 0.15) is 18.1 Å². The summed E-state index contributed by atoms with van der Waals surface area (Å²) in [7, 11) is 1.52. The van der Waals surface area contributed by atoms with Gasteiger partial charge in [0.2, 0.25) is 5.91 Å². The number of hydrogen-bond acceptors (Lipinski definition) is 7. The van der Waals surface area contributed by atoms with Crippen molar-refractivity contribution in [2.75, 3.05) is 33.4 Å². The molecule has 9 nitrogen and oxygen atoms in total. The molecule has 0 aromatic heterocycles. The summed E-state index contributed by atoms with van der Waals surface area (Å²) in [6, 6.07) is 12.9. The third-order valence-corrected chi connectivity index (χ3v) is 4.72. The topological polar surface area (TPSA) is 132 Å². The fourth-order valence-electron chi connectivity index (χ4n) is 2.96. The minimum absolute atomic E-state index is 0.0713. The minimum Gasteiger partial charge on any atom is -0.465 e. The summed E-state index contributed by atoms with van der Waals surface area (Å²) in [4.78, 5) is 38.5. The van der Waals surface area contributed by atoms with Gasteiger partial charge in [0.25, 0.3) is 0 Å². The van der Waals surface area contributed by atoms with E-state index in [0.717, 1.165) is 0 Å². The summed E-state index contributed by atoms with van der Waals surface area (Å²) in [6.07, 6.45) is 1.67. The molecule has 0 atom stereocenters. The van der Waals surface area contributed by atoms with E-state index in [2.05, 4.69) is 0 Å². The van der Waals surface area contributed by atoms with Crippen LogP contribution >= 0.6 is 0 Å². The Hall–Kier alpha value is -3.98. The molecule has 0 bridgehead atoms. The fourth-order valence-corrected chi connectivity index (χ4v) is 2.96. The van der Waals surface area contributed by atoms with Crippen molar-refractivity contribution in [3.05, 3.63) is 70.8 Å². The lowest BCUT2D eigenvalue weighted by Gasteiger charge is -2.21. The van der Waals surface area contributed by atoms with E-state index in [4.69, 9.17) is 25.4 Å². The summed E-state index contributed by atoms with van der Waals surface area (Å²) in [5.41, 5.74) is 7.40. The van der Waals surface area contributed by atoms with Crippen LogP contribution in [-0.2, 0) is 19.1 Å². The lowest BCUT2D eigenvalue weighted by Crippen LogP contribution is -2.39. The molecule has 34 heavy (non-hydrogen) atoms. The number of nitrogens with two attached hydrogens (primary N) is 1. The highest BCUT2D eigenvalue weighted by Gasteiger charge is 2.19. The van der Waals surface area contributed by atoms with Gasteiger partial charge in [0, 0.05) is 24.8 Å². The number of nitrogens with one attached hydrogen (secondary N) is 1. The number of methoxy groups -OCH3 is 1. The number of carbonyl (C=O) groups excluding carboxylic acids is 3. The van der Waals surface area contributed by atoms with Crippen LogP contribution in [0.4, 0.5) is 0 Å². The molecule has 0 unspecified atom stereocenters. The van der Waals surface area contributed by atoms with Crippen molar-refractivity contribution >= 4 is 29.8 Å². The van der Waals surface area contributed by atoms with Crippen molar-refractivity contribution in [1.29, 1.82) is 5.41 Å². The van der Waals surface area contributed by atoms with Crippen molar-refractivity contribution in [2.45, 2.75) is 13.8 Å². The number of amides is 1. The molecule has 0 radical (unpaired) electrons. The number of rotatable bonds is 11. The summed E-state index contributed by atoms with van der Waals surface area (Å²) in [5, 5.41) is 7.39. The second kappa shape index (κ2) is 12.9. The Labute approximate surface area is 198 Å². The van der Waals surface area contributed by atoms with Crippen molar-refractivity contribution in [3.63, 3.8) is 0 Å². The highest BCUT2D eigenvalue weighted by molar-refractivity contribution is 5.99. The molecule has 0 aliphatic heterocycles. The number of benzene rings is 2. The number of nitrogens with zero attached hydrogens (tertiary/aromatic N) is 1. The van der Waals surface area contributed by atoms with Crippen LogP contribution in [0.5, 0.6) is 5.75 Å². The number of amidine groups is 1. The molecule has 1 amide bonds. The number of esters is 2. The lowest BCUT2D eigenvalue weighted by molar-refractivity contribution is -0.148. The van der Waals surface area contributed by atoms with E-state index < -0.39 is 11.9 Å². The first-order chi connectivity index (χ1) is 16.2. The van der Waals surface area contributed by atoms with Crippen LogP contribution in [0.3, 0.4) is 0 Å². The third-order valence-electron chi connectivity index (χ3n) is 4.72. The Bertz CT molecular complexity index is 1050. The largest absolute Gasteiger partial charge is 0.465 e. The molecule has 0 fully saturated rings. The predicted molar refractivity (Wildman–Crippen MR) is 128 cm³/mol. The molecule has 2 rings (SSSR count). The van der Waals surface area contributed by atoms with E-state index in [0.29, 0.717) is 28.0 Å². The van der Waals surface area contributed by atoms with Crippen LogP contribution in [0.25, 0.3) is 6.08 Å². The second-order valence-electron chi connectivity index (χ2n) is 7.30. The first-order valence-corrected chi connectivity index (χ1v) is 10.6. The average molecular weight is 468 g/mol. The van der Waals surface area contributed by atoms with Gasteiger partial charge >= 0.3 is 11.9 Å². The predicted octanol–water partition coefficient (Wildman–Crippen LogP) is 2.63. The molecule has 2 aromatic rings. The molecule has 0 aliphatic carbocycles. The average Bonchev–Trinajstić information content (AvgIpc) is 2.82. The van der Waals surface area contributed by atoms with E-state index in [1.807, 2.05) is 0 Å². The highest BCUT2D eigenvalue weighted by Crippen LogP contribution is 2.16. The zero-order valence-corrected chi connectivity index (χ0v) is 19.5. The second-order valence-corrected chi connectivity index (χ2v) is 7.30. The van der Waals surface area contributed by atoms with Crippen LogP contribution < -0.4 is 10.5 Å². The van der Waals surface area contributed by atoms with E-state index in [1.54, 1.807) is 68.5 Å². The summed E-state index contributed by atoms with van der Waals surface area (Å²) >= 11 is 0. The molecule has 0 saturated carbocycles. The molecule has 0 aliphatic rings. The Morgan fingerprint density at radius 2 is 1.65 bits per heavy atom. The zero-order valence-electron chi connectivity index (χ0n) is 19.5. The third kappa shape index (κ3) is 7.86. The highest BCUT2D eigenvalue weighted by atomic mass is 16.5. The molecule has 0 spiro atoms. The van der Waals surface area contributed by atoms with Crippen LogP contribution in [0.15, 0.2) is 54.1 Å². The molecule has 9 heteroatoms. The van der Waals surface area contributed by atoms with Gasteiger partial charge in [0.15, 0.2) is 0 Å². The quantitative estimate of drug-likeness (QED) is 0.171. The van der Waals surface area contributed by atoms with Gasteiger partial charge in [-0.25, -0.2) is 4.79 Å². The molecule has 0 heterocycles. The van der Waals surface area contributed by atoms with Gasteiger partial charge in [-0.1, -0.05) is 12.1 Å². The van der Waals surface area contributed by atoms with Gasteiger partial charge in [-0.05, 0) is 61.9 Å². The van der Waals surface area contributed by atoms with Crippen molar-refractivity contribution in [2.24, 2.45) is 5.73 Å². The standard InChI is InChI=1S/C25H29N3O6/c1-4-33-22(29)16-28(13-14-32-3)24(30)17(2)15-18-5-7-20(8-6-18)25(31)34-21-11-9-19(10-12-21)23(26)27/h5-12,15H,4,13-14,16H2,1-3H3,(H3,26,27)/b17-15+. The van der Waals surface area contributed by atoms with Crippen LogP contribution in [0.2, 0.25) is 0 Å². The van der Waals surface area contributed by atoms with Gasteiger partial charge in [0.05, 0.1) is 18.8 Å². The molecule has 180 valence electrons. The van der Waals surface area contributed by atoms with Crippen molar-refractivity contribution < 1.29 is 28.6 Å². The van der Waals surface area contributed by atoms with Crippen molar-refractivity contribution in [1.82, 2.24) is 4.90 Å². The van der Waals surface area contributed by atoms with E-state index in [-0.39, 0.29) is 38.0 Å². The molecule has 0 saturated heterocycles. The molecule has 2 aromatic carbocycles. The zero-order chi connectivity index (χ0) is 25.1. The van der Waals surface area contributed by atoms with Crippen LogP contribution in [-0.4, -0.2) is 62.0 Å². The number of nitrogen functional groups attached to an aromatic ring is 1. The van der Waals surface area contributed by atoms with Gasteiger partial charge in [-0.3, -0.25) is 15.0 Å². The number of ether oxygens (including phenoxy) is 3. The smallest absolute Gasteiger partial charge is 0.343 e. The summed E-state index contributed by atoms with van der Waals surface area (Å²) < 4.78 is 15.3. The molecular weight excluding hydrogens is 438 g/mol. The maximum atomic E-state index is 12.8. The Kier molecular flexibility index (Phi) is 9.97. The number of hydrogen-bond donors (Lipinski definition) is 2. The van der Waals surface area contributed by atoms with Gasteiger partial charge in [-0.15, -0.1) is 0 Å². The molecular formula is C25H29N3O6. The molecule has 3 N–H and O–H groups in total. The normalized spacial score (nSPS) is 11.0. The SMILES string of the molecule is CCOC(=O)CN(CCOC)C(=O)/C(C)=C/c1ccc(C(=O)Oc2ccc(C(=N)N)cc2)cc1. The van der Waals surface area contributed by atoms with Crippen LogP contribution in [0.1, 0.15) is 35.3 Å². The maximum Gasteiger partial charge on any atom is 0.343 e. The summed E-state index contributed by atoms with van der Waals surface area (Å²) in [5.74, 6) is -1.09. The monoisotopic (exact) mass is 467 g/mol. The van der Waals surface area contributed by atoms with Gasteiger partial charge < -0.3 is 24.8 Å². The Balaban J connectivity index is 2.07. The summed E-state index contributed by atoms with van der Waals surface area (Å²) in [6.45, 7) is 3.95. The van der Waals surface area contributed by atoms with Gasteiger partial charge in [-0.2, -0.15) is 0 Å². The first-order valence-electron chi connectivity index (χ1n) is 10.6. The lowest BCUT2D eigenvalue weighted by atomic mass is 10.1. The Morgan fingerprint density at radius 1 is 1.03 bits per heavy atom. The first kappa shape index (κ1) is 26.3. The number of carbonyl (C=O) groups is 3.